The normalized spacial score (nSPS) is 22.7. The number of ether oxygens (including phenoxy) is 1. The molecule has 0 saturated carbocycles. The molecule has 1 aromatic rings. The monoisotopic (exact) mass is 206 g/mol. The van der Waals surface area contributed by atoms with Gasteiger partial charge in [0.2, 0.25) is 0 Å². The summed E-state index contributed by atoms with van der Waals surface area (Å²) in [5.41, 5.74) is 2.17. The average molecular weight is 206 g/mol. The minimum absolute atomic E-state index is 0.360. The molecule has 0 spiro atoms. The van der Waals surface area contributed by atoms with Gasteiger partial charge in [0, 0.05) is 30.2 Å². The van der Waals surface area contributed by atoms with E-state index in [9.17, 15) is 0 Å². The number of nitrogens with zero attached hydrogens (tertiary/aromatic N) is 1. The summed E-state index contributed by atoms with van der Waals surface area (Å²) in [5, 5.41) is 3.46. The lowest BCUT2D eigenvalue weighted by atomic mass is 10.1. The van der Waals surface area contributed by atoms with Gasteiger partial charge in [0.25, 0.3) is 0 Å². The molecule has 0 amide bonds. The van der Waals surface area contributed by atoms with Crippen molar-refractivity contribution >= 4 is 5.69 Å². The zero-order valence-electron chi connectivity index (χ0n) is 9.36. The molecular formula is C12H18N2O. The summed E-state index contributed by atoms with van der Waals surface area (Å²) in [6.45, 7) is 5.08. The molecule has 1 aliphatic heterocycles. The van der Waals surface area contributed by atoms with Crippen molar-refractivity contribution in [1.82, 2.24) is 4.98 Å². The van der Waals surface area contributed by atoms with Gasteiger partial charge in [-0.05, 0) is 38.8 Å². The van der Waals surface area contributed by atoms with E-state index in [4.69, 9.17) is 4.74 Å². The van der Waals surface area contributed by atoms with Crippen molar-refractivity contribution in [1.29, 1.82) is 0 Å². The highest BCUT2D eigenvalue weighted by molar-refractivity contribution is 5.44. The Hall–Kier alpha value is -1.09. The van der Waals surface area contributed by atoms with Crippen LogP contribution in [0.1, 0.15) is 25.5 Å². The largest absolute Gasteiger partial charge is 0.380 e. The molecular weight excluding hydrogens is 188 g/mol. The first kappa shape index (κ1) is 10.4. The molecule has 82 valence electrons. The van der Waals surface area contributed by atoms with Gasteiger partial charge in [-0.15, -0.1) is 0 Å². The van der Waals surface area contributed by atoms with Crippen LogP contribution in [0.2, 0.25) is 0 Å². The SMILES string of the molecule is Cc1cc(NC(C)C2CCCO2)ccn1. The van der Waals surface area contributed by atoms with Gasteiger partial charge in [-0.3, -0.25) is 4.98 Å². The molecule has 1 N–H and O–H groups in total. The first-order valence-corrected chi connectivity index (χ1v) is 5.56. The van der Waals surface area contributed by atoms with Crippen molar-refractivity contribution in [3.63, 3.8) is 0 Å². The Morgan fingerprint density at radius 3 is 3.13 bits per heavy atom. The third-order valence-corrected chi connectivity index (χ3v) is 2.81. The van der Waals surface area contributed by atoms with E-state index in [1.165, 1.54) is 6.42 Å². The van der Waals surface area contributed by atoms with Crippen LogP contribution in [0.3, 0.4) is 0 Å². The van der Waals surface area contributed by atoms with Crippen molar-refractivity contribution in [2.75, 3.05) is 11.9 Å². The quantitative estimate of drug-likeness (QED) is 0.824. The molecule has 0 aliphatic carbocycles. The summed E-state index contributed by atoms with van der Waals surface area (Å²) >= 11 is 0. The number of rotatable bonds is 3. The maximum atomic E-state index is 5.64. The number of nitrogens with one attached hydrogen (secondary N) is 1. The molecule has 1 aliphatic rings. The van der Waals surface area contributed by atoms with Gasteiger partial charge < -0.3 is 10.1 Å². The summed E-state index contributed by atoms with van der Waals surface area (Å²) < 4.78 is 5.64. The zero-order valence-corrected chi connectivity index (χ0v) is 9.36. The molecule has 2 unspecified atom stereocenters. The van der Waals surface area contributed by atoms with Crippen LogP contribution in [-0.2, 0) is 4.74 Å². The number of hydrogen-bond acceptors (Lipinski definition) is 3. The number of aryl methyl sites for hydroxylation is 1. The summed E-state index contributed by atoms with van der Waals surface area (Å²) in [5.74, 6) is 0. The Morgan fingerprint density at radius 2 is 2.47 bits per heavy atom. The fourth-order valence-electron chi connectivity index (χ4n) is 1.99. The van der Waals surface area contributed by atoms with E-state index in [1.54, 1.807) is 0 Å². The maximum absolute atomic E-state index is 5.64. The highest BCUT2D eigenvalue weighted by Crippen LogP contribution is 2.19. The van der Waals surface area contributed by atoms with Crippen LogP contribution in [-0.4, -0.2) is 23.7 Å². The molecule has 2 atom stereocenters. The summed E-state index contributed by atoms with van der Waals surface area (Å²) in [7, 11) is 0. The summed E-state index contributed by atoms with van der Waals surface area (Å²) in [6.07, 6.45) is 4.54. The lowest BCUT2D eigenvalue weighted by Crippen LogP contribution is -2.29. The van der Waals surface area contributed by atoms with Crippen molar-refractivity contribution in [3.8, 4) is 0 Å². The second-order valence-electron chi connectivity index (χ2n) is 4.17. The van der Waals surface area contributed by atoms with Crippen LogP contribution >= 0.6 is 0 Å². The van der Waals surface area contributed by atoms with Crippen molar-refractivity contribution < 1.29 is 4.74 Å². The molecule has 2 rings (SSSR count). The highest BCUT2D eigenvalue weighted by Gasteiger charge is 2.21. The minimum Gasteiger partial charge on any atom is -0.380 e. The third-order valence-electron chi connectivity index (χ3n) is 2.81. The van der Waals surface area contributed by atoms with Crippen LogP contribution < -0.4 is 5.32 Å². The van der Waals surface area contributed by atoms with Crippen molar-refractivity contribution in [3.05, 3.63) is 24.0 Å². The second kappa shape index (κ2) is 4.62. The first-order valence-electron chi connectivity index (χ1n) is 5.56. The lowest BCUT2D eigenvalue weighted by molar-refractivity contribution is 0.0996. The molecule has 1 saturated heterocycles. The van der Waals surface area contributed by atoms with E-state index >= 15 is 0 Å². The number of hydrogen-bond donors (Lipinski definition) is 1. The Kier molecular flexibility index (Phi) is 3.21. The molecule has 15 heavy (non-hydrogen) atoms. The number of aromatic nitrogens is 1. The van der Waals surface area contributed by atoms with E-state index in [2.05, 4.69) is 23.3 Å². The zero-order chi connectivity index (χ0) is 10.7. The maximum Gasteiger partial charge on any atom is 0.0774 e. The van der Waals surface area contributed by atoms with Gasteiger partial charge in [-0.25, -0.2) is 0 Å². The topological polar surface area (TPSA) is 34.1 Å². The van der Waals surface area contributed by atoms with Crippen LogP contribution in [0.15, 0.2) is 18.3 Å². The lowest BCUT2D eigenvalue weighted by Gasteiger charge is -2.21. The third kappa shape index (κ3) is 2.69. The van der Waals surface area contributed by atoms with Crippen molar-refractivity contribution in [2.24, 2.45) is 0 Å². The molecule has 1 aromatic heterocycles. The number of pyridine rings is 1. The Balaban J connectivity index is 1.95. The van der Waals surface area contributed by atoms with Crippen LogP contribution in [0.5, 0.6) is 0 Å². The smallest absolute Gasteiger partial charge is 0.0774 e. The van der Waals surface area contributed by atoms with Gasteiger partial charge in [-0.1, -0.05) is 0 Å². The van der Waals surface area contributed by atoms with Gasteiger partial charge in [0.05, 0.1) is 6.10 Å². The predicted octanol–water partition coefficient (Wildman–Crippen LogP) is 2.37. The fraction of sp³-hybridized carbons (Fsp3) is 0.583. The second-order valence-corrected chi connectivity index (χ2v) is 4.17. The Morgan fingerprint density at radius 1 is 1.60 bits per heavy atom. The van der Waals surface area contributed by atoms with Crippen LogP contribution in [0.4, 0.5) is 5.69 Å². The first-order chi connectivity index (χ1) is 7.25. The van der Waals surface area contributed by atoms with E-state index < -0.39 is 0 Å². The van der Waals surface area contributed by atoms with E-state index in [1.807, 2.05) is 19.2 Å². The molecule has 3 nitrogen and oxygen atoms in total. The Bertz CT molecular complexity index is 321. The molecule has 2 heterocycles. The van der Waals surface area contributed by atoms with E-state index in [-0.39, 0.29) is 0 Å². The fourth-order valence-corrected chi connectivity index (χ4v) is 1.99. The van der Waals surface area contributed by atoms with Gasteiger partial charge in [0.15, 0.2) is 0 Å². The van der Waals surface area contributed by atoms with Crippen LogP contribution in [0.25, 0.3) is 0 Å². The van der Waals surface area contributed by atoms with E-state index in [0.29, 0.717) is 12.1 Å². The average Bonchev–Trinajstić information content (AvgIpc) is 2.70. The minimum atomic E-state index is 0.360. The summed E-state index contributed by atoms with van der Waals surface area (Å²) in [6, 6.07) is 4.43. The molecule has 1 fully saturated rings. The number of anilines is 1. The van der Waals surface area contributed by atoms with Crippen molar-refractivity contribution in [2.45, 2.75) is 38.8 Å². The molecule has 0 aromatic carbocycles. The van der Waals surface area contributed by atoms with Gasteiger partial charge in [0.1, 0.15) is 0 Å². The molecule has 0 bridgehead atoms. The highest BCUT2D eigenvalue weighted by atomic mass is 16.5. The molecule has 3 heteroatoms. The predicted molar refractivity (Wildman–Crippen MR) is 61.0 cm³/mol. The van der Waals surface area contributed by atoms with Gasteiger partial charge >= 0.3 is 0 Å². The van der Waals surface area contributed by atoms with Gasteiger partial charge in [-0.2, -0.15) is 0 Å². The summed E-state index contributed by atoms with van der Waals surface area (Å²) in [4.78, 5) is 4.17. The van der Waals surface area contributed by atoms with E-state index in [0.717, 1.165) is 24.4 Å². The molecule has 0 radical (unpaired) electrons. The van der Waals surface area contributed by atoms with Crippen LogP contribution in [0, 0.1) is 6.92 Å². The Labute approximate surface area is 90.9 Å². The standard InChI is InChI=1S/C12H18N2O/c1-9-8-11(5-6-13-9)14-10(2)12-4-3-7-15-12/h5-6,8,10,12H,3-4,7H2,1-2H3,(H,13,14).